The third-order valence-corrected chi connectivity index (χ3v) is 8.25. The lowest BCUT2D eigenvalue weighted by Crippen LogP contribution is -2.44. The molecule has 3 aromatic rings. The van der Waals surface area contributed by atoms with Gasteiger partial charge in [-0.15, -0.1) is 0 Å². The van der Waals surface area contributed by atoms with Crippen LogP contribution < -0.4 is 30.7 Å². The molecule has 0 aliphatic carbocycles. The number of aromatic hydroxyl groups is 1. The predicted molar refractivity (Wildman–Crippen MR) is 165 cm³/mol. The van der Waals surface area contributed by atoms with Crippen LogP contribution in [0, 0.1) is 0 Å². The van der Waals surface area contributed by atoms with E-state index in [-0.39, 0.29) is 23.8 Å². The Morgan fingerprint density at radius 3 is 2.31 bits per heavy atom. The Labute approximate surface area is 261 Å². The van der Waals surface area contributed by atoms with Crippen LogP contribution in [0.5, 0.6) is 23.0 Å². The van der Waals surface area contributed by atoms with Crippen LogP contribution in [0.3, 0.4) is 0 Å². The third kappa shape index (κ3) is 6.45. The Bertz CT molecular complexity index is 1540. The molecule has 1 saturated heterocycles. The van der Waals surface area contributed by atoms with Crippen LogP contribution in [0.2, 0.25) is 0 Å². The molecule has 0 bridgehead atoms. The Hall–Kier alpha value is -4.23. The topological polar surface area (TPSA) is 133 Å². The molecule has 45 heavy (non-hydrogen) atoms. The predicted octanol–water partition coefficient (Wildman–Crippen LogP) is 2.12. The number of hydrogen-bond donors (Lipinski definition) is 5. The zero-order chi connectivity index (χ0) is 31.2. The number of fused-ring (bicyclic) bond motifs is 6. The van der Waals surface area contributed by atoms with Crippen molar-refractivity contribution in [3.8, 4) is 23.0 Å². The molecule has 6 rings (SSSR count). The largest absolute Gasteiger partial charge is 0.508 e. The van der Waals surface area contributed by atoms with E-state index in [0.717, 1.165) is 52.4 Å². The van der Waals surface area contributed by atoms with E-state index in [4.69, 9.17) is 14.2 Å². The van der Waals surface area contributed by atoms with Crippen molar-refractivity contribution in [3.63, 3.8) is 0 Å². The molecular formula is C33H38FN5O6. The number of carbonyl (C=O) groups excluding carboxylic acids is 2. The van der Waals surface area contributed by atoms with E-state index >= 15 is 0 Å². The van der Waals surface area contributed by atoms with Crippen molar-refractivity contribution in [1.29, 1.82) is 0 Å². The van der Waals surface area contributed by atoms with Gasteiger partial charge in [0.15, 0.2) is 5.60 Å². The van der Waals surface area contributed by atoms with Crippen molar-refractivity contribution in [2.24, 2.45) is 0 Å². The van der Waals surface area contributed by atoms with Crippen LogP contribution >= 0.6 is 0 Å². The Morgan fingerprint density at radius 1 is 0.911 bits per heavy atom. The van der Waals surface area contributed by atoms with Crippen molar-refractivity contribution in [1.82, 2.24) is 26.2 Å². The van der Waals surface area contributed by atoms with Crippen molar-refractivity contribution < 1.29 is 33.3 Å². The Balaban J connectivity index is 1.22. The van der Waals surface area contributed by atoms with Gasteiger partial charge in [0.2, 0.25) is 0 Å². The SMILES string of the molecule is O=C(NCCN1CCNCCNCCNCC1)c1ccc2c(c1)C(=O)OC21c2ccc(O)cc2Oc2cc(OCCF)ccc21. The van der Waals surface area contributed by atoms with E-state index < -0.39 is 18.2 Å². The van der Waals surface area contributed by atoms with E-state index in [1.807, 2.05) is 0 Å². The number of hydrogen-bond acceptors (Lipinski definition) is 10. The first-order valence-corrected chi connectivity index (χ1v) is 15.3. The highest BCUT2D eigenvalue weighted by molar-refractivity contribution is 6.01. The number of alkyl halides is 1. The summed E-state index contributed by atoms with van der Waals surface area (Å²) in [5.74, 6) is 0.145. The minimum absolute atomic E-state index is 0.0219. The quantitative estimate of drug-likeness (QED) is 0.251. The molecule has 1 unspecified atom stereocenters. The van der Waals surface area contributed by atoms with Crippen LogP contribution in [0.25, 0.3) is 0 Å². The first-order chi connectivity index (χ1) is 22.0. The van der Waals surface area contributed by atoms with Crippen molar-refractivity contribution in [2.75, 3.05) is 78.7 Å². The van der Waals surface area contributed by atoms with Gasteiger partial charge in [-0.1, -0.05) is 6.07 Å². The second kappa shape index (κ2) is 13.8. The molecule has 0 aromatic heterocycles. The number of esters is 1. The number of benzene rings is 3. The number of ether oxygens (including phenoxy) is 3. The number of carbonyl (C=O) groups is 2. The summed E-state index contributed by atoms with van der Waals surface area (Å²) in [4.78, 5) is 29.0. The smallest absolute Gasteiger partial charge is 0.340 e. The van der Waals surface area contributed by atoms with Gasteiger partial charge in [0.05, 0.1) is 5.56 Å². The molecule has 3 aromatic carbocycles. The summed E-state index contributed by atoms with van der Waals surface area (Å²) >= 11 is 0. The highest BCUT2D eigenvalue weighted by Crippen LogP contribution is 2.57. The van der Waals surface area contributed by atoms with Gasteiger partial charge in [-0.3, -0.25) is 9.69 Å². The molecule has 3 aliphatic heterocycles. The van der Waals surface area contributed by atoms with E-state index in [1.54, 1.807) is 42.5 Å². The van der Waals surface area contributed by atoms with Gasteiger partial charge in [-0.05, 0) is 36.4 Å². The third-order valence-electron chi connectivity index (χ3n) is 8.25. The molecule has 3 heterocycles. The van der Waals surface area contributed by atoms with Crippen LogP contribution in [0.15, 0.2) is 54.6 Å². The molecule has 0 saturated carbocycles. The normalized spacial score (nSPS) is 20.1. The van der Waals surface area contributed by atoms with E-state index in [1.165, 1.54) is 12.1 Å². The number of amides is 1. The molecular weight excluding hydrogens is 581 g/mol. The summed E-state index contributed by atoms with van der Waals surface area (Å²) in [5, 5.41) is 23.5. The molecule has 1 spiro atoms. The summed E-state index contributed by atoms with van der Waals surface area (Å²) in [6, 6.07) is 14.6. The molecule has 1 atom stereocenters. The molecule has 238 valence electrons. The second-order valence-electron chi connectivity index (χ2n) is 11.2. The van der Waals surface area contributed by atoms with Crippen LogP contribution in [-0.4, -0.2) is 101 Å². The Morgan fingerprint density at radius 2 is 1.58 bits per heavy atom. The summed E-state index contributed by atoms with van der Waals surface area (Å²) < 4.78 is 30.5. The van der Waals surface area contributed by atoms with Gasteiger partial charge in [0.25, 0.3) is 5.91 Å². The van der Waals surface area contributed by atoms with Gasteiger partial charge in [-0.2, -0.15) is 0 Å². The molecule has 1 amide bonds. The summed E-state index contributed by atoms with van der Waals surface area (Å²) in [6.07, 6.45) is 0. The first kappa shape index (κ1) is 30.8. The zero-order valence-corrected chi connectivity index (χ0v) is 25.0. The number of nitrogens with one attached hydrogen (secondary N) is 4. The molecule has 0 radical (unpaired) electrons. The van der Waals surface area contributed by atoms with Gasteiger partial charge in [0, 0.05) is 99.8 Å². The first-order valence-electron chi connectivity index (χ1n) is 15.3. The van der Waals surface area contributed by atoms with E-state index in [2.05, 4.69) is 26.2 Å². The molecule has 11 nitrogen and oxygen atoms in total. The lowest BCUT2D eigenvalue weighted by Gasteiger charge is -2.36. The number of rotatable bonds is 7. The second-order valence-corrected chi connectivity index (χ2v) is 11.2. The van der Waals surface area contributed by atoms with Gasteiger partial charge in [0.1, 0.15) is 36.3 Å². The monoisotopic (exact) mass is 619 g/mol. The number of nitrogens with zero attached hydrogens (tertiary/aromatic N) is 1. The minimum atomic E-state index is -1.38. The number of halogens is 1. The van der Waals surface area contributed by atoms with E-state index in [0.29, 0.717) is 52.6 Å². The lowest BCUT2D eigenvalue weighted by atomic mass is 9.77. The fourth-order valence-corrected chi connectivity index (χ4v) is 6.05. The van der Waals surface area contributed by atoms with Crippen molar-refractivity contribution >= 4 is 11.9 Å². The number of phenols is 1. The van der Waals surface area contributed by atoms with Crippen LogP contribution in [0.1, 0.15) is 37.4 Å². The van der Waals surface area contributed by atoms with Gasteiger partial charge < -0.3 is 40.6 Å². The Kier molecular flexibility index (Phi) is 9.45. The summed E-state index contributed by atoms with van der Waals surface area (Å²) in [7, 11) is 0. The average Bonchev–Trinajstić information content (AvgIpc) is 3.32. The fourth-order valence-electron chi connectivity index (χ4n) is 6.05. The van der Waals surface area contributed by atoms with Crippen LogP contribution in [-0.2, 0) is 10.3 Å². The number of phenolic OH excluding ortho intramolecular Hbond substituents is 1. The summed E-state index contributed by atoms with van der Waals surface area (Å²) in [5.41, 5.74) is 0.857. The minimum Gasteiger partial charge on any atom is -0.508 e. The maximum Gasteiger partial charge on any atom is 0.340 e. The highest BCUT2D eigenvalue weighted by atomic mass is 19.1. The fraction of sp³-hybridized carbons (Fsp3) is 0.394. The molecule has 5 N–H and O–H groups in total. The van der Waals surface area contributed by atoms with Crippen molar-refractivity contribution in [3.05, 3.63) is 82.4 Å². The summed E-state index contributed by atoms with van der Waals surface area (Å²) in [6.45, 7) is 7.56. The van der Waals surface area contributed by atoms with Gasteiger partial charge >= 0.3 is 5.97 Å². The maximum absolute atomic E-state index is 13.5. The molecule has 1 fully saturated rings. The molecule has 3 aliphatic rings. The van der Waals surface area contributed by atoms with Crippen molar-refractivity contribution in [2.45, 2.75) is 5.60 Å². The highest BCUT2D eigenvalue weighted by Gasteiger charge is 2.53. The average molecular weight is 620 g/mol. The standard InChI is InChI=1S/C33H38FN5O6/c34-7-18-43-24-3-6-28-30(21-24)44-29-20-23(40)2-5-27(29)33(28)26-4-1-22(19-25(26)32(42)45-33)31(41)38-14-17-39-15-12-36-10-8-35-9-11-37-13-16-39/h1-6,19-21,35-37,40H,7-18H2,(H,38,41). The van der Waals surface area contributed by atoms with E-state index in [9.17, 15) is 19.1 Å². The van der Waals surface area contributed by atoms with Gasteiger partial charge in [-0.25, -0.2) is 9.18 Å². The maximum atomic E-state index is 13.5. The van der Waals surface area contributed by atoms with Crippen LogP contribution in [0.4, 0.5) is 4.39 Å². The zero-order valence-electron chi connectivity index (χ0n) is 25.0. The molecule has 12 heteroatoms. The lowest BCUT2D eigenvalue weighted by molar-refractivity contribution is 0.0224.